The molecular formula is C44H81NO10P+. The van der Waals surface area contributed by atoms with Crippen LogP contribution in [0.4, 0.5) is 0 Å². The molecule has 0 radical (unpaired) electrons. The Morgan fingerprint density at radius 3 is 1.82 bits per heavy atom. The van der Waals surface area contributed by atoms with Crippen LogP contribution in [0.3, 0.4) is 0 Å². The zero-order chi connectivity index (χ0) is 41.6. The lowest BCUT2D eigenvalue weighted by Gasteiger charge is -2.24. The number of allylic oxidation sites excluding steroid dienone is 7. The van der Waals surface area contributed by atoms with Gasteiger partial charge in [-0.3, -0.25) is 23.9 Å². The monoisotopic (exact) mass is 815 g/mol. The molecular weight excluding hydrogens is 733 g/mol. The normalized spacial score (nSPS) is 14.6. The summed E-state index contributed by atoms with van der Waals surface area (Å²) >= 11 is 0. The van der Waals surface area contributed by atoms with Crippen LogP contribution in [0, 0.1) is 0 Å². The molecule has 0 aromatic rings. The number of phosphoric acid groups is 1. The van der Waals surface area contributed by atoms with Crippen LogP contribution in [-0.2, 0) is 37.6 Å². The second-order valence-electron chi connectivity index (χ2n) is 15.7. The summed E-state index contributed by atoms with van der Waals surface area (Å²) in [4.78, 5) is 39.8. The van der Waals surface area contributed by atoms with Gasteiger partial charge in [0.1, 0.15) is 25.9 Å². The maximum atomic E-state index is 12.7. The van der Waals surface area contributed by atoms with Crippen LogP contribution in [0.15, 0.2) is 48.6 Å². The molecule has 12 heteroatoms. The van der Waals surface area contributed by atoms with Gasteiger partial charge in [-0.2, -0.15) is 0 Å². The molecule has 0 spiro atoms. The summed E-state index contributed by atoms with van der Waals surface area (Å²) in [6.07, 6.45) is 37.7. The Labute approximate surface area is 341 Å². The number of ether oxygens (including phenoxy) is 2. The maximum Gasteiger partial charge on any atom is 0.472 e. The molecule has 1 unspecified atom stereocenters. The minimum Gasteiger partial charge on any atom is -0.462 e. The maximum absolute atomic E-state index is 12.7. The molecule has 0 saturated heterocycles. The molecule has 2 N–H and O–H groups in total. The summed E-state index contributed by atoms with van der Waals surface area (Å²) in [6, 6.07) is 0. The van der Waals surface area contributed by atoms with Crippen molar-refractivity contribution in [2.24, 2.45) is 0 Å². The Morgan fingerprint density at radius 2 is 1.21 bits per heavy atom. The van der Waals surface area contributed by atoms with E-state index in [1.54, 1.807) is 0 Å². The van der Waals surface area contributed by atoms with Gasteiger partial charge in [0.05, 0.1) is 27.7 Å². The summed E-state index contributed by atoms with van der Waals surface area (Å²) in [5.41, 5.74) is 0. The molecule has 56 heavy (non-hydrogen) atoms. The van der Waals surface area contributed by atoms with E-state index in [1.165, 1.54) is 64.2 Å². The molecule has 326 valence electrons. The number of quaternary nitrogens is 1. The highest BCUT2D eigenvalue weighted by Gasteiger charge is 2.27. The van der Waals surface area contributed by atoms with Crippen molar-refractivity contribution in [3.8, 4) is 0 Å². The van der Waals surface area contributed by atoms with Crippen molar-refractivity contribution < 1.29 is 52.2 Å². The standard InChI is InChI=1S/C44H80NO10P/c1-6-8-10-11-12-13-14-15-18-21-24-27-31-35-43(46)51-39-42(40-53-56(49,50)52-38-37-45(3,4)5)54-44(47)36-32-28-25-22-19-16-17-20-23-26-30-34-41(55-48)33-29-9-7-2/h16-17,22-23,25-26,30,34,41-42H,6-15,18-21,24,27-29,31-33,35-40H2,1-5H3,(H-,48,49,50)/p+1/b17-16-,25-22-,26-23-,34-30+/t41-,42+/m0/s1. The Morgan fingerprint density at radius 1 is 0.661 bits per heavy atom. The predicted molar refractivity (Wildman–Crippen MR) is 227 cm³/mol. The van der Waals surface area contributed by atoms with Crippen LogP contribution >= 0.6 is 7.82 Å². The topological polar surface area (TPSA) is 138 Å². The van der Waals surface area contributed by atoms with Crippen molar-refractivity contribution >= 4 is 19.8 Å². The van der Waals surface area contributed by atoms with E-state index in [-0.39, 0.29) is 32.2 Å². The lowest BCUT2D eigenvalue weighted by Crippen LogP contribution is -2.37. The molecule has 0 aliphatic heterocycles. The highest BCUT2D eigenvalue weighted by atomic mass is 31.2. The van der Waals surface area contributed by atoms with Crippen molar-refractivity contribution in [1.82, 2.24) is 0 Å². The average Bonchev–Trinajstić information content (AvgIpc) is 3.15. The number of likely N-dealkylation sites (N-methyl/N-ethyl adjacent to an activating group) is 1. The number of phosphoric ester groups is 1. The van der Waals surface area contributed by atoms with Crippen molar-refractivity contribution in [3.63, 3.8) is 0 Å². The van der Waals surface area contributed by atoms with Crippen LogP contribution in [0.25, 0.3) is 0 Å². The first-order chi connectivity index (χ1) is 26.9. The molecule has 0 heterocycles. The van der Waals surface area contributed by atoms with Gasteiger partial charge in [-0.15, -0.1) is 0 Å². The number of hydrogen-bond acceptors (Lipinski definition) is 9. The molecule has 3 atom stereocenters. The van der Waals surface area contributed by atoms with E-state index < -0.39 is 32.5 Å². The number of esters is 2. The van der Waals surface area contributed by atoms with Gasteiger partial charge in [0.25, 0.3) is 0 Å². The number of rotatable bonds is 39. The predicted octanol–water partition coefficient (Wildman–Crippen LogP) is 11.4. The van der Waals surface area contributed by atoms with Crippen molar-refractivity contribution in [2.75, 3.05) is 47.5 Å². The number of nitrogens with zero attached hydrogens (tertiary/aromatic N) is 1. The van der Waals surface area contributed by atoms with Gasteiger partial charge in [0, 0.05) is 12.8 Å². The summed E-state index contributed by atoms with van der Waals surface area (Å²) in [5, 5.41) is 9.00. The molecule has 0 aromatic carbocycles. The van der Waals surface area contributed by atoms with Gasteiger partial charge >= 0.3 is 19.8 Å². The van der Waals surface area contributed by atoms with Crippen LogP contribution in [0.5, 0.6) is 0 Å². The van der Waals surface area contributed by atoms with E-state index in [0.717, 1.165) is 57.8 Å². The average molecular weight is 815 g/mol. The lowest BCUT2D eigenvalue weighted by molar-refractivity contribution is -0.870. The molecule has 0 amide bonds. The van der Waals surface area contributed by atoms with Crippen LogP contribution in [0.2, 0.25) is 0 Å². The highest BCUT2D eigenvalue weighted by molar-refractivity contribution is 7.47. The van der Waals surface area contributed by atoms with Crippen molar-refractivity contribution in [1.29, 1.82) is 0 Å². The molecule has 0 aliphatic carbocycles. The summed E-state index contributed by atoms with van der Waals surface area (Å²) in [7, 11) is 1.40. The smallest absolute Gasteiger partial charge is 0.462 e. The third-order valence-electron chi connectivity index (χ3n) is 9.08. The molecule has 0 aromatic heterocycles. The molecule has 0 bridgehead atoms. The quantitative estimate of drug-likeness (QED) is 0.00901. The number of carbonyl (C=O) groups is 2. The summed E-state index contributed by atoms with van der Waals surface area (Å²) < 4.78 is 34.2. The third kappa shape index (κ3) is 38.7. The minimum atomic E-state index is -4.40. The fourth-order valence-electron chi connectivity index (χ4n) is 5.60. The fraction of sp³-hybridized carbons (Fsp3) is 0.773. The van der Waals surface area contributed by atoms with Gasteiger partial charge in [0.2, 0.25) is 0 Å². The zero-order valence-corrected chi connectivity index (χ0v) is 36.8. The third-order valence-corrected chi connectivity index (χ3v) is 10.1. The molecule has 0 fully saturated rings. The van der Waals surface area contributed by atoms with E-state index in [0.29, 0.717) is 23.9 Å². The second-order valence-corrected chi connectivity index (χ2v) is 17.1. The Balaban J connectivity index is 4.55. The van der Waals surface area contributed by atoms with Crippen molar-refractivity contribution in [3.05, 3.63) is 48.6 Å². The summed E-state index contributed by atoms with van der Waals surface area (Å²) in [5.74, 6) is -0.899. The van der Waals surface area contributed by atoms with Crippen LogP contribution in [0.1, 0.15) is 162 Å². The lowest BCUT2D eigenvalue weighted by atomic mass is 10.0. The SMILES string of the molecule is CCCCCCCCCCCCCCCC(=O)OC[C@H](COP(=O)(O)OCC[N+](C)(C)C)OC(=O)CCC/C=C\C/C=C\C/C=C\C=C\[C@H](CCCCC)OO. The highest BCUT2D eigenvalue weighted by Crippen LogP contribution is 2.43. The Hall–Kier alpha value is -2.11. The van der Waals surface area contributed by atoms with E-state index in [9.17, 15) is 19.0 Å². The number of hydrogen-bond donors (Lipinski definition) is 2. The number of unbranched alkanes of at least 4 members (excludes halogenated alkanes) is 15. The van der Waals surface area contributed by atoms with Crippen LogP contribution < -0.4 is 0 Å². The van der Waals surface area contributed by atoms with Gasteiger partial charge in [0.15, 0.2) is 6.10 Å². The van der Waals surface area contributed by atoms with E-state index >= 15 is 0 Å². The molecule has 11 nitrogen and oxygen atoms in total. The molecule has 0 rings (SSSR count). The van der Waals surface area contributed by atoms with E-state index in [1.807, 2.05) is 57.6 Å². The first kappa shape index (κ1) is 53.9. The molecule has 0 saturated carbocycles. The summed E-state index contributed by atoms with van der Waals surface area (Å²) in [6.45, 7) is 4.18. The van der Waals surface area contributed by atoms with E-state index in [4.69, 9.17) is 23.8 Å². The van der Waals surface area contributed by atoms with Crippen LogP contribution in [-0.4, -0.2) is 86.3 Å². The Bertz CT molecular complexity index is 1120. The fourth-order valence-corrected chi connectivity index (χ4v) is 6.35. The van der Waals surface area contributed by atoms with E-state index in [2.05, 4.69) is 30.9 Å². The van der Waals surface area contributed by atoms with Gasteiger partial charge in [-0.1, -0.05) is 159 Å². The van der Waals surface area contributed by atoms with Gasteiger partial charge in [-0.25, -0.2) is 9.45 Å². The van der Waals surface area contributed by atoms with Gasteiger partial charge in [-0.05, 0) is 38.5 Å². The minimum absolute atomic E-state index is 0.00969. The molecule has 0 aliphatic rings. The zero-order valence-electron chi connectivity index (χ0n) is 35.9. The second kappa shape index (κ2) is 37.2. The first-order valence-electron chi connectivity index (χ1n) is 21.6. The van der Waals surface area contributed by atoms with Crippen molar-refractivity contribution in [2.45, 2.75) is 174 Å². The largest absolute Gasteiger partial charge is 0.472 e. The number of carbonyl (C=O) groups excluding carboxylic acids is 2. The Kier molecular flexibility index (Phi) is 35.8. The van der Waals surface area contributed by atoms with Gasteiger partial charge < -0.3 is 18.9 Å². The first-order valence-corrected chi connectivity index (χ1v) is 23.1.